The Balaban J connectivity index is 6.21. The van der Waals surface area contributed by atoms with Crippen LogP contribution in [0.2, 0.25) is 52.4 Å². The fourth-order valence-corrected chi connectivity index (χ4v) is 19.4. The second-order valence-corrected chi connectivity index (χ2v) is 29.1. The van der Waals surface area contributed by atoms with Gasteiger partial charge in [-0.25, -0.2) is 0 Å². The Morgan fingerprint density at radius 1 is 0.692 bits per heavy atom. The molecule has 9 heteroatoms. The van der Waals surface area contributed by atoms with E-state index in [0.717, 1.165) is 19.1 Å². The average Bonchev–Trinajstić information content (AvgIpc) is 2.77. The van der Waals surface area contributed by atoms with Crippen LogP contribution in [0.1, 0.15) is 103 Å². The van der Waals surface area contributed by atoms with E-state index in [9.17, 15) is 9.59 Å². The van der Waals surface area contributed by atoms with Gasteiger partial charge in [0.1, 0.15) is 6.04 Å². The van der Waals surface area contributed by atoms with E-state index in [1.807, 2.05) is 18.9 Å². The molecule has 0 aromatic rings. The highest BCUT2D eigenvalue weighted by molar-refractivity contribution is 6.79. The summed E-state index contributed by atoms with van der Waals surface area (Å²) in [6.07, 6.45) is 0.944. The van der Waals surface area contributed by atoms with E-state index < -0.39 is 31.0 Å². The van der Waals surface area contributed by atoms with Crippen LogP contribution >= 0.6 is 0 Å². The first-order chi connectivity index (χ1) is 17.7. The summed E-state index contributed by atoms with van der Waals surface area (Å²) in [4.78, 5) is 29.7. The molecule has 0 aromatic carbocycles. The van der Waals surface area contributed by atoms with Crippen LogP contribution in [0.4, 0.5) is 0 Å². The molecule has 1 unspecified atom stereocenters. The van der Waals surface area contributed by atoms with Gasteiger partial charge >= 0.3 is 5.97 Å². The van der Waals surface area contributed by atoms with E-state index in [1.165, 1.54) is 0 Å². The number of nitrogens with zero attached hydrogens (tertiary/aromatic N) is 1. The van der Waals surface area contributed by atoms with Crippen molar-refractivity contribution in [3.05, 3.63) is 0 Å². The van der Waals surface area contributed by atoms with Crippen LogP contribution in [0.5, 0.6) is 0 Å². The van der Waals surface area contributed by atoms with Gasteiger partial charge in [-0.3, -0.25) is 14.5 Å². The van der Waals surface area contributed by atoms with Crippen LogP contribution in [-0.2, 0) is 22.9 Å². The van der Waals surface area contributed by atoms with Crippen molar-refractivity contribution in [2.75, 3.05) is 20.2 Å². The zero-order valence-electron chi connectivity index (χ0n) is 28.6. The first kappa shape index (κ1) is 38.5. The van der Waals surface area contributed by atoms with Gasteiger partial charge in [-0.05, 0) is 79.3 Å². The van der Waals surface area contributed by atoms with Gasteiger partial charge in [0.25, 0.3) is 22.6 Å². The molecule has 6 nitrogen and oxygen atoms in total. The Morgan fingerprint density at radius 2 is 1.08 bits per heavy atom. The van der Waals surface area contributed by atoms with E-state index in [-0.39, 0.29) is 35.0 Å². The molecule has 0 saturated carbocycles. The standard InChI is InChI=1S/C30H65NO5Si3/c1-17-34-37(15,16)20-18-19-31(14)28(30(33)36-39(25(8)9,26(10)11)27(12)13)21-29(32)35-38(22(2)3,23(4)5)24(6)7/h22-28H,17-21H2,1-16H3. The van der Waals surface area contributed by atoms with Crippen molar-refractivity contribution in [2.45, 2.75) is 161 Å². The first-order valence-corrected chi connectivity index (χ1v) is 22.9. The maximum absolute atomic E-state index is 14.0. The fourth-order valence-electron chi connectivity index (χ4n) is 7.14. The third-order valence-corrected chi connectivity index (χ3v) is 23.6. The molecular weight excluding hydrogens is 539 g/mol. The highest BCUT2D eigenvalue weighted by Crippen LogP contribution is 2.44. The summed E-state index contributed by atoms with van der Waals surface area (Å²) in [5.41, 5.74) is 1.70. The Hall–Kier alpha value is -0.489. The van der Waals surface area contributed by atoms with Gasteiger partial charge in [-0.2, -0.15) is 0 Å². The van der Waals surface area contributed by atoms with Gasteiger partial charge in [0.05, 0.1) is 6.42 Å². The zero-order chi connectivity index (χ0) is 30.9. The molecule has 0 saturated heterocycles. The topological polar surface area (TPSA) is 65.1 Å². The summed E-state index contributed by atoms with van der Waals surface area (Å²) in [5, 5.41) is 0. The van der Waals surface area contributed by atoms with E-state index in [0.29, 0.717) is 23.2 Å². The summed E-state index contributed by atoms with van der Waals surface area (Å²) in [5.74, 6) is -0.522. The number of rotatable bonds is 18. The Labute approximate surface area is 245 Å². The molecule has 0 N–H and O–H groups in total. The second kappa shape index (κ2) is 16.2. The molecule has 0 rings (SSSR count). The van der Waals surface area contributed by atoms with Crippen LogP contribution in [0.25, 0.3) is 0 Å². The van der Waals surface area contributed by atoms with Crippen LogP contribution in [0.15, 0.2) is 0 Å². The minimum absolute atomic E-state index is 0.0291. The lowest BCUT2D eigenvalue weighted by Gasteiger charge is -2.43. The molecule has 0 radical (unpaired) electrons. The summed E-state index contributed by atoms with van der Waals surface area (Å²) in [6.45, 7) is 34.1. The maximum Gasteiger partial charge on any atom is 0.310 e. The SMILES string of the molecule is CCO[Si](C)(C)CCCN(C)C(CC(=O)O[Si](C(C)C)(C(C)C)C(C)C)C(=O)O[Si](C(C)C)(C(C)C)C(C)C. The zero-order valence-corrected chi connectivity index (χ0v) is 31.6. The van der Waals surface area contributed by atoms with E-state index in [1.54, 1.807) is 0 Å². The van der Waals surface area contributed by atoms with Gasteiger partial charge in [-0.1, -0.05) is 83.1 Å². The largest absolute Gasteiger partial charge is 0.518 e. The summed E-state index contributed by atoms with van der Waals surface area (Å²) in [7, 11) is -4.65. The van der Waals surface area contributed by atoms with Crippen molar-refractivity contribution < 1.29 is 22.9 Å². The van der Waals surface area contributed by atoms with Crippen molar-refractivity contribution in [3.8, 4) is 0 Å². The lowest BCUT2D eigenvalue weighted by atomic mass is 10.2. The Bertz CT molecular complexity index is 709. The van der Waals surface area contributed by atoms with Crippen LogP contribution in [-0.4, -0.2) is 68.0 Å². The predicted octanol–water partition coefficient (Wildman–Crippen LogP) is 8.75. The normalized spacial score (nSPS) is 14.4. The fraction of sp³-hybridized carbons (Fsp3) is 0.933. The second-order valence-electron chi connectivity index (χ2n) is 14.0. The van der Waals surface area contributed by atoms with Crippen molar-refractivity contribution in [3.63, 3.8) is 0 Å². The quantitative estimate of drug-likeness (QED) is 0.146. The molecule has 1 atom stereocenters. The summed E-state index contributed by atoms with van der Waals surface area (Å²) < 4.78 is 19.1. The number of likely N-dealkylation sites (N-methyl/N-ethyl adjacent to an activating group) is 1. The Kier molecular flexibility index (Phi) is 16.0. The third-order valence-electron chi connectivity index (χ3n) is 8.97. The molecule has 0 aliphatic heterocycles. The minimum atomic E-state index is -2.46. The minimum Gasteiger partial charge on any atom is -0.518 e. The van der Waals surface area contributed by atoms with Crippen LogP contribution in [0, 0.1) is 0 Å². The van der Waals surface area contributed by atoms with E-state index in [2.05, 4.69) is 96.2 Å². The summed E-state index contributed by atoms with van der Waals surface area (Å²) >= 11 is 0. The van der Waals surface area contributed by atoms with Gasteiger partial charge < -0.3 is 13.3 Å². The monoisotopic (exact) mass is 603 g/mol. The number of carbonyl (C=O) groups is 2. The summed E-state index contributed by atoms with van der Waals surface area (Å²) in [6, 6.07) is 0.347. The third kappa shape index (κ3) is 10.1. The lowest BCUT2D eigenvalue weighted by molar-refractivity contribution is -0.147. The molecule has 39 heavy (non-hydrogen) atoms. The van der Waals surface area contributed by atoms with Crippen LogP contribution in [0.3, 0.4) is 0 Å². The van der Waals surface area contributed by atoms with E-state index in [4.69, 9.17) is 13.3 Å². The molecule has 0 heterocycles. The highest BCUT2D eigenvalue weighted by Gasteiger charge is 2.51. The molecule has 0 aliphatic carbocycles. The van der Waals surface area contributed by atoms with Gasteiger partial charge in [0.2, 0.25) is 0 Å². The Morgan fingerprint density at radius 3 is 1.44 bits per heavy atom. The maximum atomic E-state index is 14.0. The molecule has 232 valence electrons. The van der Waals surface area contributed by atoms with Crippen molar-refractivity contribution >= 4 is 36.9 Å². The molecular formula is C30H65NO5Si3. The van der Waals surface area contributed by atoms with Gasteiger partial charge in [0, 0.05) is 6.61 Å². The molecule has 0 aromatic heterocycles. The van der Waals surface area contributed by atoms with Crippen molar-refractivity contribution in [1.82, 2.24) is 4.90 Å². The lowest BCUT2D eigenvalue weighted by Crippen LogP contribution is -2.54. The van der Waals surface area contributed by atoms with E-state index >= 15 is 0 Å². The van der Waals surface area contributed by atoms with Crippen LogP contribution < -0.4 is 0 Å². The molecule has 0 bridgehead atoms. The van der Waals surface area contributed by atoms with Crippen molar-refractivity contribution in [1.29, 1.82) is 0 Å². The number of carbonyl (C=O) groups excluding carboxylic acids is 2. The first-order valence-electron chi connectivity index (χ1n) is 15.5. The average molecular weight is 604 g/mol. The highest BCUT2D eigenvalue weighted by atomic mass is 28.4. The molecule has 0 spiro atoms. The van der Waals surface area contributed by atoms with Crippen molar-refractivity contribution in [2.24, 2.45) is 0 Å². The predicted molar refractivity (Wildman–Crippen MR) is 174 cm³/mol. The molecule has 0 fully saturated rings. The smallest absolute Gasteiger partial charge is 0.310 e. The van der Waals surface area contributed by atoms with Gasteiger partial charge in [0.15, 0.2) is 8.32 Å². The van der Waals surface area contributed by atoms with Gasteiger partial charge in [-0.15, -0.1) is 0 Å². The molecule has 0 aliphatic rings. The molecule has 0 amide bonds. The number of hydrogen-bond acceptors (Lipinski definition) is 6. The number of hydrogen-bond donors (Lipinski definition) is 0.